The first kappa shape index (κ1) is 29.1. The lowest BCUT2D eigenvalue weighted by Gasteiger charge is -2.28. The third kappa shape index (κ3) is 9.78. The second-order valence-corrected chi connectivity index (χ2v) is 10.3. The minimum Gasteiger partial charge on any atom is -0.478 e. The Morgan fingerprint density at radius 1 is 1.05 bits per heavy atom. The Labute approximate surface area is 222 Å². The fraction of sp³-hybridized carbons (Fsp3) is 0.400. The van der Waals surface area contributed by atoms with Crippen LogP contribution in [-0.2, 0) is 20.7 Å². The van der Waals surface area contributed by atoms with Gasteiger partial charge in [0.2, 0.25) is 0 Å². The number of carbonyl (C=O) groups is 2. The smallest absolute Gasteiger partial charge is 0.328 e. The van der Waals surface area contributed by atoms with Crippen molar-refractivity contribution >= 4 is 22.7 Å². The number of rotatable bonds is 12. The predicted octanol–water partition coefficient (Wildman–Crippen LogP) is 4.89. The molecule has 8 nitrogen and oxygen atoms in total. The van der Waals surface area contributed by atoms with E-state index in [-0.39, 0.29) is 11.6 Å². The van der Waals surface area contributed by atoms with Gasteiger partial charge in [0.15, 0.2) is 0 Å². The van der Waals surface area contributed by atoms with Crippen LogP contribution in [0.2, 0.25) is 0 Å². The second kappa shape index (κ2) is 13.4. The van der Waals surface area contributed by atoms with Gasteiger partial charge in [-0.15, -0.1) is 0 Å². The van der Waals surface area contributed by atoms with Gasteiger partial charge in [-0.1, -0.05) is 42.5 Å². The first-order chi connectivity index (χ1) is 18.0. The number of aliphatic hydroxyl groups is 1. The number of nitrogens with one attached hydrogen (secondary N) is 1. The summed E-state index contributed by atoms with van der Waals surface area (Å²) in [5, 5.41) is 32.2. The normalized spacial score (nSPS) is 15.2. The lowest BCUT2D eigenvalue weighted by Crippen LogP contribution is -2.46. The van der Waals surface area contributed by atoms with Gasteiger partial charge in [0.1, 0.15) is 17.6 Å². The highest BCUT2D eigenvalue weighted by Gasteiger charge is 2.35. The van der Waals surface area contributed by atoms with Gasteiger partial charge >= 0.3 is 11.9 Å². The number of benzene rings is 2. The lowest BCUT2D eigenvalue weighted by atomic mass is 9.93. The van der Waals surface area contributed by atoms with Gasteiger partial charge < -0.3 is 29.8 Å². The summed E-state index contributed by atoms with van der Waals surface area (Å²) in [5.41, 5.74) is 1.16. The number of hydrogen-bond donors (Lipinski definition) is 4. The molecule has 0 spiro atoms. The van der Waals surface area contributed by atoms with Crippen molar-refractivity contribution in [2.45, 2.75) is 57.8 Å². The van der Waals surface area contributed by atoms with Crippen molar-refractivity contribution in [3.63, 3.8) is 0 Å². The van der Waals surface area contributed by atoms with E-state index in [1.54, 1.807) is 0 Å². The molecule has 1 saturated carbocycles. The molecule has 2 atom stereocenters. The Morgan fingerprint density at radius 2 is 1.71 bits per heavy atom. The van der Waals surface area contributed by atoms with Crippen LogP contribution in [0, 0.1) is 12.8 Å². The number of carboxylic acids is 2. The van der Waals surface area contributed by atoms with Gasteiger partial charge in [-0.05, 0) is 74.4 Å². The van der Waals surface area contributed by atoms with Crippen LogP contribution >= 0.6 is 0 Å². The molecule has 204 valence electrons. The molecule has 0 bridgehead atoms. The zero-order valence-electron chi connectivity index (χ0n) is 22.1. The van der Waals surface area contributed by atoms with Crippen LogP contribution < -0.4 is 5.32 Å². The van der Waals surface area contributed by atoms with Crippen LogP contribution in [0.1, 0.15) is 49.9 Å². The van der Waals surface area contributed by atoms with E-state index in [9.17, 15) is 14.7 Å². The molecule has 1 aliphatic carbocycles. The van der Waals surface area contributed by atoms with Gasteiger partial charge in [0.25, 0.3) is 0 Å². The molecule has 0 radical (unpaired) electrons. The van der Waals surface area contributed by atoms with Crippen molar-refractivity contribution in [1.82, 2.24) is 5.32 Å². The van der Waals surface area contributed by atoms with E-state index in [0.717, 1.165) is 30.8 Å². The van der Waals surface area contributed by atoms with E-state index in [1.807, 2.05) is 19.1 Å². The summed E-state index contributed by atoms with van der Waals surface area (Å²) in [5.74, 6) is -0.219. The third-order valence-electron chi connectivity index (χ3n) is 6.20. The lowest BCUT2D eigenvalue weighted by molar-refractivity contribution is -0.134. The maximum atomic E-state index is 10.5. The van der Waals surface area contributed by atoms with E-state index in [0.29, 0.717) is 31.2 Å². The molecule has 1 unspecified atom stereocenters. The van der Waals surface area contributed by atoms with Crippen LogP contribution in [-0.4, -0.2) is 52.1 Å². The first-order valence-corrected chi connectivity index (χ1v) is 12.7. The summed E-state index contributed by atoms with van der Waals surface area (Å²) in [6, 6.07) is 19.0. The number of aliphatic hydroxyl groups excluding tert-OH is 1. The first-order valence-electron chi connectivity index (χ1n) is 12.7. The Hall–Kier alpha value is -3.46. The summed E-state index contributed by atoms with van der Waals surface area (Å²) < 4.78 is 11.8. The summed E-state index contributed by atoms with van der Waals surface area (Å²) in [6.45, 7) is 7.10. The molecule has 8 heteroatoms. The number of carboxylic acid groups (broad SMARTS) is 2. The monoisotopic (exact) mass is 523 g/mol. The maximum Gasteiger partial charge on any atom is 0.328 e. The average Bonchev–Trinajstić information content (AvgIpc) is 3.61. The molecule has 0 saturated heterocycles. The molecular formula is C30H37NO7. The average molecular weight is 524 g/mol. The number of β-amino-alcohol motifs (C(OH)–C–C–N with tert-alkyl or cyclic N) is 1. The Balaban J connectivity index is 0.000000436. The molecule has 4 rings (SSSR count). The van der Waals surface area contributed by atoms with Gasteiger partial charge in [-0.25, -0.2) is 9.59 Å². The van der Waals surface area contributed by atoms with Crippen LogP contribution in [0.3, 0.4) is 0 Å². The molecule has 1 aliphatic rings. The number of ether oxygens (including phenoxy) is 1. The molecule has 1 fully saturated rings. The van der Waals surface area contributed by atoms with E-state index < -0.39 is 18.0 Å². The topological polar surface area (TPSA) is 129 Å². The number of aryl methyl sites for hydroxylation is 1. The highest BCUT2D eigenvalue weighted by Crippen LogP contribution is 2.43. The minimum atomic E-state index is -1.26. The van der Waals surface area contributed by atoms with Gasteiger partial charge in [-0.3, -0.25) is 0 Å². The molecule has 1 heterocycles. The van der Waals surface area contributed by atoms with Crippen molar-refractivity contribution in [3.05, 3.63) is 83.8 Å². The summed E-state index contributed by atoms with van der Waals surface area (Å²) in [4.78, 5) is 19.1. The quantitative estimate of drug-likeness (QED) is 0.247. The molecule has 2 aromatic carbocycles. The van der Waals surface area contributed by atoms with Crippen LogP contribution in [0.25, 0.3) is 10.8 Å². The van der Waals surface area contributed by atoms with Crippen molar-refractivity contribution in [2.75, 3.05) is 13.2 Å². The summed E-state index contributed by atoms with van der Waals surface area (Å²) in [7, 11) is 0. The van der Waals surface area contributed by atoms with E-state index in [1.165, 1.54) is 16.3 Å². The molecular weight excluding hydrogens is 486 g/mol. The SMILES string of the molecule is Cc1ccc(C(OC[C@H](O)CNC(C)(C)Cc2ccc3ccccc3c2)C2CC2)o1.O=C(O)/C=C/C(=O)O. The standard InChI is InChI=1S/C26H33NO3.C4H4O4/c1-18-8-13-24(30-18)25(21-11-12-21)29-17-23(28)16-27-26(2,3)15-19-9-10-20-6-4-5-7-22(20)14-19;5-3(6)1-2-4(7)8/h4-10,13-14,21,23,25,27-28H,11-12,15-17H2,1-3H3;1-2H,(H,5,6)(H,7,8)/b;2-1+/t23-,25?;/m1./s1. The van der Waals surface area contributed by atoms with Gasteiger partial charge in [0.05, 0.1) is 12.7 Å². The fourth-order valence-corrected chi connectivity index (χ4v) is 4.19. The Morgan fingerprint density at radius 3 is 2.29 bits per heavy atom. The number of furan rings is 1. The zero-order valence-corrected chi connectivity index (χ0v) is 22.1. The second-order valence-electron chi connectivity index (χ2n) is 10.3. The van der Waals surface area contributed by atoms with E-state index >= 15 is 0 Å². The van der Waals surface area contributed by atoms with Crippen LogP contribution in [0.4, 0.5) is 0 Å². The van der Waals surface area contributed by atoms with Crippen molar-refractivity contribution in [3.8, 4) is 0 Å². The molecule has 3 aromatic rings. The van der Waals surface area contributed by atoms with E-state index in [4.69, 9.17) is 19.4 Å². The van der Waals surface area contributed by atoms with Crippen LogP contribution in [0.15, 0.2) is 71.2 Å². The van der Waals surface area contributed by atoms with Gasteiger partial charge in [0, 0.05) is 24.2 Å². The number of hydrogen-bond acceptors (Lipinski definition) is 6. The minimum absolute atomic E-state index is 0.0426. The largest absolute Gasteiger partial charge is 0.478 e. The Kier molecular flexibility index (Phi) is 10.2. The zero-order chi connectivity index (χ0) is 27.7. The highest BCUT2D eigenvalue weighted by atomic mass is 16.5. The molecule has 1 aromatic heterocycles. The van der Waals surface area contributed by atoms with Gasteiger partial charge in [-0.2, -0.15) is 0 Å². The molecule has 38 heavy (non-hydrogen) atoms. The third-order valence-corrected chi connectivity index (χ3v) is 6.20. The Bertz CT molecular complexity index is 1230. The maximum absolute atomic E-state index is 10.5. The highest BCUT2D eigenvalue weighted by molar-refractivity contribution is 5.89. The van der Waals surface area contributed by atoms with E-state index in [2.05, 4.69) is 61.6 Å². The number of fused-ring (bicyclic) bond motifs is 1. The summed E-state index contributed by atoms with van der Waals surface area (Å²) in [6.07, 6.45) is 3.74. The molecule has 0 amide bonds. The van der Waals surface area contributed by atoms with Crippen molar-refractivity contribution < 1.29 is 34.1 Å². The fourth-order valence-electron chi connectivity index (χ4n) is 4.19. The van der Waals surface area contributed by atoms with Crippen molar-refractivity contribution in [2.24, 2.45) is 5.92 Å². The predicted molar refractivity (Wildman–Crippen MR) is 145 cm³/mol. The molecule has 4 N–H and O–H groups in total. The number of aliphatic carboxylic acids is 2. The summed E-state index contributed by atoms with van der Waals surface area (Å²) >= 11 is 0. The molecule has 0 aliphatic heterocycles. The van der Waals surface area contributed by atoms with Crippen LogP contribution in [0.5, 0.6) is 0 Å². The van der Waals surface area contributed by atoms with Crippen molar-refractivity contribution in [1.29, 1.82) is 0 Å².